The molecule has 1 fully saturated rings. The summed E-state index contributed by atoms with van der Waals surface area (Å²) in [7, 11) is 0. The third-order valence-electron chi connectivity index (χ3n) is 4.55. The highest BCUT2D eigenvalue weighted by molar-refractivity contribution is 6.31. The first-order valence-electron chi connectivity index (χ1n) is 8.43. The molecule has 3 heterocycles. The molecule has 2 aromatic heterocycles. The summed E-state index contributed by atoms with van der Waals surface area (Å²) in [6.07, 6.45) is 5.11. The summed E-state index contributed by atoms with van der Waals surface area (Å²) in [6, 6.07) is 6.69. The number of rotatable bonds is 3. The van der Waals surface area contributed by atoms with Crippen LogP contribution in [0, 0.1) is 5.82 Å². The van der Waals surface area contributed by atoms with Gasteiger partial charge in [0.25, 0.3) is 0 Å². The van der Waals surface area contributed by atoms with Gasteiger partial charge in [0.2, 0.25) is 0 Å². The van der Waals surface area contributed by atoms with Gasteiger partial charge < -0.3 is 16.0 Å². The Bertz CT molecular complexity index is 942. The molecule has 0 bridgehead atoms. The molecular weight excluding hydrogens is 355 g/mol. The van der Waals surface area contributed by atoms with Crippen molar-refractivity contribution in [3.63, 3.8) is 0 Å². The number of piperidine rings is 1. The quantitative estimate of drug-likeness (QED) is 0.732. The summed E-state index contributed by atoms with van der Waals surface area (Å²) in [5.74, 6) is 1.04. The monoisotopic (exact) mass is 372 g/mol. The number of hydrogen-bond acceptors (Lipinski definition) is 6. The highest BCUT2D eigenvalue weighted by Gasteiger charge is 2.18. The molecule has 0 amide bonds. The molecule has 3 aromatic rings. The summed E-state index contributed by atoms with van der Waals surface area (Å²) in [6.45, 7) is 1.76. The van der Waals surface area contributed by atoms with E-state index in [2.05, 4.69) is 25.2 Å². The van der Waals surface area contributed by atoms with E-state index in [9.17, 15) is 4.39 Å². The second-order valence-electron chi connectivity index (χ2n) is 6.36. The topological polar surface area (TPSA) is 80.0 Å². The van der Waals surface area contributed by atoms with Crippen LogP contribution in [0.5, 0.6) is 0 Å². The molecule has 4 rings (SSSR count). The molecule has 0 unspecified atom stereocenters. The van der Waals surface area contributed by atoms with Crippen LogP contribution >= 0.6 is 11.6 Å². The largest absolute Gasteiger partial charge is 0.356 e. The first kappa shape index (κ1) is 16.9. The Labute approximate surface area is 155 Å². The average Bonchev–Trinajstić information content (AvgIpc) is 2.65. The van der Waals surface area contributed by atoms with Crippen LogP contribution in [0.1, 0.15) is 12.8 Å². The molecule has 0 radical (unpaired) electrons. The zero-order chi connectivity index (χ0) is 18.1. The highest BCUT2D eigenvalue weighted by Crippen LogP contribution is 2.28. The first-order chi connectivity index (χ1) is 12.6. The number of benzene rings is 1. The van der Waals surface area contributed by atoms with E-state index in [0.29, 0.717) is 11.5 Å². The first-order valence-corrected chi connectivity index (χ1v) is 8.81. The fourth-order valence-corrected chi connectivity index (χ4v) is 3.24. The van der Waals surface area contributed by atoms with Crippen LogP contribution < -0.4 is 16.0 Å². The SMILES string of the molecule is NC1CCN(c2cc3c(Nc4ccc(F)c(Cl)c4)ncnc3cn2)CC1. The number of halogens is 2. The van der Waals surface area contributed by atoms with Gasteiger partial charge in [-0.2, -0.15) is 0 Å². The van der Waals surface area contributed by atoms with Gasteiger partial charge >= 0.3 is 0 Å². The van der Waals surface area contributed by atoms with Crippen LogP contribution in [0.25, 0.3) is 10.9 Å². The third kappa shape index (κ3) is 3.40. The lowest BCUT2D eigenvalue weighted by Crippen LogP contribution is -2.40. The van der Waals surface area contributed by atoms with Crippen molar-refractivity contribution < 1.29 is 4.39 Å². The lowest BCUT2D eigenvalue weighted by atomic mass is 10.1. The second-order valence-corrected chi connectivity index (χ2v) is 6.77. The Morgan fingerprint density at radius 3 is 2.73 bits per heavy atom. The Balaban J connectivity index is 1.68. The van der Waals surface area contributed by atoms with Gasteiger partial charge in [0.1, 0.15) is 23.8 Å². The van der Waals surface area contributed by atoms with Crippen molar-refractivity contribution in [2.75, 3.05) is 23.3 Å². The number of anilines is 3. The average molecular weight is 373 g/mol. The van der Waals surface area contributed by atoms with E-state index >= 15 is 0 Å². The smallest absolute Gasteiger partial charge is 0.141 e. The summed E-state index contributed by atoms with van der Waals surface area (Å²) < 4.78 is 13.4. The molecule has 6 nitrogen and oxygen atoms in total. The van der Waals surface area contributed by atoms with Crippen LogP contribution in [-0.2, 0) is 0 Å². The summed E-state index contributed by atoms with van der Waals surface area (Å²) >= 11 is 5.86. The maximum absolute atomic E-state index is 13.4. The Morgan fingerprint density at radius 1 is 1.15 bits per heavy atom. The van der Waals surface area contributed by atoms with Crippen LogP contribution in [0.2, 0.25) is 5.02 Å². The van der Waals surface area contributed by atoms with Crippen LogP contribution in [-0.4, -0.2) is 34.1 Å². The Hall–Kier alpha value is -2.51. The highest BCUT2D eigenvalue weighted by atomic mass is 35.5. The van der Waals surface area contributed by atoms with Crippen molar-refractivity contribution in [1.82, 2.24) is 15.0 Å². The molecule has 0 spiro atoms. The zero-order valence-electron chi connectivity index (χ0n) is 14.0. The van der Waals surface area contributed by atoms with Crippen molar-refractivity contribution in [3.05, 3.63) is 47.6 Å². The van der Waals surface area contributed by atoms with E-state index < -0.39 is 5.82 Å². The van der Waals surface area contributed by atoms with E-state index in [4.69, 9.17) is 17.3 Å². The van der Waals surface area contributed by atoms with E-state index in [0.717, 1.165) is 42.7 Å². The molecule has 0 saturated carbocycles. The number of pyridine rings is 1. The van der Waals surface area contributed by atoms with Gasteiger partial charge in [-0.15, -0.1) is 0 Å². The third-order valence-corrected chi connectivity index (χ3v) is 4.84. The van der Waals surface area contributed by atoms with Crippen LogP contribution in [0.3, 0.4) is 0 Å². The fraction of sp³-hybridized carbons (Fsp3) is 0.278. The van der Waals surface area contributed by atoms with Crippen molar-refractivity contribution in [3.8, 4) is 0 Å². The van der Waals surface area contributed by atoms with Crippen molar-refractivity contribution in [2.24, 2.45) is 5.73 Å². The maximum atomic E-state index is 13.4. The molecule has 0 aliphatic carbocycles. The van der Waals surface area contributed by atoms with E-state index in [1.807, 2.05) is 6.07 Å². The minimum atomic E-state index is -0.459. The second kappa shape index (κ2) is 7.01. The molecular formula is C18H18ClFN6. The van der Waals surface area contributed by atoms with E-state index in [-0.39, 0.29) is 11.1 Å². The molecule has 3 N–H and O–H groups in total. The molecule has 0 atom stereocenters. The summed E-state index contributed by atoms with van der Waals surface area (Å²) in [5.41, 5.74) is 7.37. The number of hydrogen-bond donors (Lipinski definition) is 2. The van der Waals surface area contributed by atoms with Crippen molar-refractivity contribution in [1.29, 1.82) is 0 Å². The summed E-state index contributed by atoms with van der Waals surface area (Å²) in [5, 5.41) is 4.08. The number of nitrogens with two attached hydrogens (primary N) is 1. The molecule has 8 heteroatoms. The minimum absolute atomic E-state index is 0.0559. The maximum Gasteiger partial charge on any atom is 0.141 e. The molecule has 134 valence electrons. The normalized spacial score (nSPS) is 15.4. The number of aromatic nitrogens is 3. The van der Waals surface area contributed by atoms with Gasteiger partial charge in [-0.3, -0.25) is 0 Å². The lowest BCUT2D eigenvalue weighted by molar-refractivity contribution is 0.499. The zero-order valence-corrected chi connectivity index (χ0v) is 14.7. The molecule has 1 saturated heterocycles. The van der Waals surface area contributed by atoms with Gasteiger partial charge in [0.15, 0.2) is 0 Å². The van der Waals surface area contributed by atoms with Gasteiger partial charge in [-0.1, -0.05) is 11.6 Å². The Morgan fingerprint density at radius 2 is 1.96 bits per heavy atom. The molecule has 26 heavy (non-hydrogen) atoms. The number of fused-ring (bicyclic) bond motifs is 1. The van der Waals surface area contributed by atoms with E-state index in [1.54, 1.807) is 12.3 Å². The van der Waals surface area contributed by atoms with Gasteiger partial charge in [-0.05, 0) is 37.1 Å². The van der Waals surface area contributed by atoms with Crippen molar-refractivity contribution >= 4 is 39.8 Å². The van der Waals surface area contributed by atoms with Gasteiger partial charge in [0.05, 0.1) is 16.7 Å². The number of nitrogens with zero attached hydrogens (tertiary/aromatic N) is 4. The number of nitrogens with one attached hydrogen (secondary N) is 1. The predicted molar refractivity (Wildman–Crippen MR) is 101 cm³/mol. The van der Waals surface area contributed by atoms with Crippen LogP contribution in [0.4, 0.5) is 21.7 Å². The molecule has 1 aromatic carbocycles. The Kier molecular flexibility index (Phi) is 4.57. The van der Waals surface area contributed by atoms with E-state index in [1.165, 1.54) is 18.5 Å². The van der Waals surface area contributed by atoms with Gasteiger partial charge in [-0.25, -0.2) is 19.3 Å². The van der Waals surface area contributed by atoms with Crippen molar-refractivity contribution in [2.45, 2.75) is 18.9 Å². The predicted octanol–water partition coefficient (Wildman–Crippen LogP) is 3.49. The molecule has 1 aliphatic rings. The standard InChI is InChI=1S/C18H18ClFN6/c19-14-7-12(1-2-15(14)20)25-18-13-8-17(22-9-16(13)23-10-24-18)26-5-3-11(21)4-6-26/h1-2,7-11H,3-6,21H2,(H,23,24,25). The van der Waals surface area contributed by atoms with Gasteiger partial charge in [0, 0.05) is 30.2 Å². The fourth-order valence-electron chi connectivity index (χ4n) is 3.06. The molecule has 1 aliphatic heterocycles. The lowest BCUT2D eigenvalue weighted by Gasteiger charge is -2.31. The minimum Gasteiger partial charge on any atom is -0.356 e. The van der Waals surface area contributed by atoms with Crippen LogP contribution in [0.15, 0.2) is 36.8 Å². The summed E-state index contributed by atoms with van der Waals surface area (Å²) in [4.78, 5) is 15.3.